The second-order valence-electron chi connectivity index (χ2n) is 2.20. The van der Waals surface area contributed by atoms with Crippen LogP contribution in [0.3, 0.4) is 0 Å². The van der Waals surface area contributed by atoms with Gasteiger partial charge in [-0.3, -0.25) is 4.90 Å². The quantitative estimate of drug-likeness (QED) is 0.503. The molecule has 1 fully saturated rings. The van der Waals surface area contributed by atoms with E-state index in [2.05, 4.69) is 11.5 Å². The second-order valence-corrected chi connectivity index (χ2v) is 2.20. The summed E-state index contributed by atoms with van der Waals surface area (Å²) < 4.78 is 5.17. The first-order chi connectivity index (χ1) is 4.43. The van der Waals surface area contributed by atoms with Crippen LogP contribution in [0.1, 0.15) is 0 Å². The predicted octanol–water partition coefficient (Wildman–Crippen LogP) is 0.505. The third-order valence-electron chi connectivity index (χ3n) is 1.49. The smallest absolute Gasteiger partial charge is 0.0594 e. The SMILES string of the molecule is C=CCN1CCO[14CH2]C1. The number of nitrogens with zero attached hydrogens (tertiary/aromatic N) is 1. The van der Waals surface area contributed by atoms with Crippen molar-refractivity contribution >= 4 is 0 Å². The van der Waals surface area contributed by atoms with Gasteiger partial charge in [-0.15, -0.1) is 6.58 Å². The van der Waals surface area contributed by atoms with E-state index in [1.165, 1.54) is 0 Å². The molecule has 2 heteroatoms. The molecule has 0 amide bonds. The van der Waals surface area contributed by atoms with E-state index in [1.54, 1.807) is 0 Å². The van der Waals surface area contributed by atoms with Crippen molar-refractivity contribution in [3.63, 3.8) is 0 Å². The molecule has 1 saturated heterocycles. The lowest BCUT2D eigenvalue weighted by molar-refractivity contribution is 0.0434. The van der Waals surface area contributed by atoms with Crippen LogP contribution in [0.25, 0.3) is 0 Å². The van der Waals surface area contributed by atoms with Gasteiger partial charge >= 0.3 is 0 Å². The maximum Gasteiger partial charge on any atom is 0.0594 e. The van der Waals surface area contributed by atoms with Crippen LogP contribution in [-0.2, 0) is 4.74 Å². The maximum absolute atomic E-state index is 5.17. The fourth-order valence-corrected chi connectivity index (χ4v) is 0.966. The van der Waals surface area contributed by atoms with E-state index < -0.39 is 0 Å². The number of rotatable bonds is 2. The molecule has 1 aliphatic rings. The predicted molar refractivity (Wildman–Crippen MR) is 37.5 cm³/mol. The van der Waals surface area contributed by atoms with Crippen LogP contribution in [0.15, 0.2) is 12.7 Å². The summed E-state index contributed by atoms with van der Waals surface area (Å²) in [7, 11) is 0. The molecule has 0 unspecified atom stereocenters. The highest BCUT2D eigenvalue weighted by molar-refractivity contribution is 4.74. The fourth-order valence-electron chi connectivity index (χ4n) is 0.966. The van der Waals surface area contributed by atoms with Crippen molar-refractivity contribution in [2.24, 2.45) is 0 Å². The van der Waals surface area contributed by atoms with E-state index in [0.717, 1.165) is 32.8 Å². The third-order valence-corrected chi connectivity index (χ3v) is 1.49. The Bertz CT molecular complexity index is 86.9. The molecule has 0 aliphatic carbocycles. The van der Waals surface area contributed by atoms with Gasteiger partial charge in [0.25, 0.3) is 0 Å². The normalized spacial score (nSPS) is 21.8. The van der Waals surface area contributed by atoms with Crippen LogP contribution in [-0.4, -0.2) is 37.7 Å². The van der Waals surface area contributed by atoms with Gasteiger partial charge in [0, 0.05) is 19.6 Å². The van der Waals surface area contributed by atoms with Crippen LogP contribution in [0.5, 0.6) is 0 Å². The standard InChI is InChI=1S/C7H13NO/c1-2-3-8-4-6-9-7-5-8/h2H,1,3-7H2/i6+2. The Balaban J connectivity index is 2.15. The molecule has 1 heterocycles. The van der Waals surface area contributed by atoms with Crippen LogP contribution in [0.4, 0.5) is 0 Å². The summed E-state index contributed by atoms with van der Waals surface area (Å²) in [4.78, 5) is 2.33. The Kier molecular flexibility index (Phi) is 2.74. The molecule has 1 aliphatic heterocycles. The first-order valence-corrected chi connectivity index (χ1v) is 3.34. The lowest BCUT2D eigenvalue weighted by Crippen LogP contribution is -2.36. The Morgan fingerprint density at radius 3 is 3.22 bits per heavy atom. The highest BCUT2D eigenvalue weighted by Crippen LogP contribution is 1.94. The molecule has 0 aromatic rings. The Hall–Kier alpha value is -0.340. The molecular weight excluding hydrogens is 116 g/mol. The van der Waals surface area contributed by atoms with Gasteiger partial charge in [-0.05, 0) is 0 Å². The maximum atomic E-state index is 5.17. The molecule has 0 saturated carbocycles. The first-order valence-electron chi connectivity index (χ1n) is 3.34. The average Bonchev–Trinajstić information content (AvgIpc) is 1.91. The van der Waals surface area contributed by atoms with E-state index in [-0.39, 0.29) is 0 Å². The molecule has 1 rings (SSSR count). The highest BCUT2D eigenvalue weighted by Gasteiger charge is 2.06. The summed E-state index contributed by atoms with van der Waals surface area (Å²) in [6.45, 7) is 8.56. The Labute approximate surface area is 56.1 Å². The van der Waals surface area contributed by atoms with Crippen LogP contribution >= 0.6 is 0 Å². The van der Waals surface area contributed by atoms with E-state index >= 15 is 0 Å². The van der Waals surface area contributed by atoms with Crippen molar-refractivity contribution in [1.82, 2.24) is 4.90 Å². The Morgan fingerprint density at radius 2 is 2.67 bits per heavy atom. The minimum absolute atomic E-state index is 0.883. The number of hydrogen-bond acceptors (Lipinski definition) is 2. The lowest BCUT2D eigenvalue weighted by Gasteiger charge is -2.24. The van der Waals surface area contributed by atoms with Crippen molar-refractivity contribution in [3.05, 3.63) is 12.7 Å². The third kappa shape index (κ3) is 2.16. The zero-order valence-electron chi connectivity index (χ0n) is 5.68. The van der Waals surface area contributed by atoms with Gasteiger partial charge in [-0.2, -0.15) is 0 Å². The molecular formula is C7H13NO. The monoisotopic (exact) mass is 129 g/mol. The number of ether oxygens (including phenoxy) is 1. The zero-order chi connectivity index (χ0) is 6.53. The van der Waals surface area contributed by atoms with Crippen LogP contribution in [0, 0.1) is 0 Å². The second kappa shape index (κ2) is 3.64. The highest BCUT2D eigenvalue weighted by atomic mass is 16.6. The minimum atomic E-state index is 0.883. The topological polar surface area (TPSA) is 12.5 Å². The fraction of sp³-hybridized carbons (Fsp3) is 0.714. The summed E-state index contributed by atoms with van der Waals surface area (Å²) in [5.41, 5.74) is 0. The van der Waals surface area contributed by atoms with Crippen LogP contribution < -0.4 is 0 Å². The van der Waals surface area contributed by atoms with Gasteiger partial charge in [0.15, 0.2) is 0 Å². The molecule has 2 nitrogen and oxygen atoms in total. The van der Waals surface area contributed by atoms with Gasteiger partial charge in [0.2, 0.25) is 0 Å². The summed E-state index contributed by atoms with van der Waals surface area (Å²) in [5, 5.41) is 0. The van der Waals surface area contributed by atoms with Gasteiger partial charge in [0.05, 0.1) is 13.2 Å². The van der Waals surface area contributed by atoms with Crippen molar-refractivity contribution in [2.45, 2.75) is 0 Å². The van der Waals surface area contributed by atoms with Crippen molar-refractivity contribution in [2.75, 3.05) is 32.8 Å². The molecule has 0 radical (unpaired) electrons. The van der Waals surface area contributed by atoms with Gasteiger partial charge in [-0.1, -0.05) is 6.08 Å². The van der Waals surface area contributed by atoms with Crippen molar-refractivity contribution < 1.29 is 4.74 Å². The average molecular weight is 129 g/mol. The van der Waals surface area contributed by atoms with Crippen molar-refractivity contribution in [1.29, 1.82) is 0 Å². The molecule has 0 spiro atoms. The summed E-state index contributed by atoms with van der Waals surface area (Å²) in [6.07, 6.45) is 1.94. The molecule has 0 N–H and O–H groups in total. The van der Waals surface area contributed by atoms with Gasteiger partial charge in [-0.25, -0.2) is 0 Å². The van der Waals surface area contributed by atoms with Gasteiger partial charge < -0.3 is 4.74 Å². The molecule has 9 heavy (non-hydrogen) atoms. The van der Waals surface area contributed by atoms with E-state index in [0.29, 0.717) is 0 Å². The molecule has 52 valence electrons. The molecule has 0 atom stereocenters. The molecule has 0 aromatic heterocycles. The Morgan fingerprint density at radius 1 is 1.78 bits per heavy atom. The van der Waals surface area contributed by atoms with E-state index in [1.807, 2.05) is 6.08 Å². The van der Waals surface area contributed by atoms with Crippen LogP contribution in [0.2, 0.25) is 0 Å². The van der Waals surface area contributed by atoms with Crippen molar-refractivity contribution in [3.8, 4) is 0 Å². The molecule has 0 bridgehead atoms. The molecule has 0 aromatic carbocycles. The summed E-state index contributed by atoms with van der Waals surface area (Å²) in [6, 6.07) is 0. The van der Waals surface area contributed by atoms with E-state index in [4.69, 9.17) is 4.74 Å². The number of morpholine rings is 1. The van der Waals surface area contributed by atoms with E-state index in [9.17, 15) is 0 Å². The zero-order valence-corrected chi connectivity index (χ0v) is 5.68. The number of hydrogen-bond donors (Lipinski definition) is 0. The lowest BCUT2D eigenvalue weighted by atomic mass is 10.5. The van der Waals surface area contributed by atoms with Gasteiger partial charge in [0.1, 0.15) is 0 Å². The largest absolute Gasteiger partial charge is 0.379 e. The summed E-state index contributed by atoms with van der Waals surface area (Å²) >= 11 is 0. The summed E-state index contributed by atoms with van der Waals surface area (Å²) in [5.74, 6) is 0. The first kappa shape index (κ1) is 6.78. The minimum Gasteiger partial charge on any atom is -0.379 e.